The summed E-state index contributed by atoms with van der Waals surface area (Å²) in [4.78, 5) is 66.7. The summed E-state index contributed by atoms with van der Waals surface area (Å²) >= 11 is 0. The first-order valence-electron chi connectivity index (χ1n) is 6.11. The number of hydrogen-bond acceptors (Lipinski definition) is 7. The van der Waals surface area contributed by atoms with Gasteiger partial charge in [0.25, 0.3) is 0 Å². The van der Waals surface area contributed by atoms with Crippen LogP contribution < -0.4 is 5.32 Å². The van der Waals surface area contributed by atoms with E-state index in [9.17, 15) is 28.8 Å². The third-order valence-corrected chi connectivity index (χ3v) is 2.44. The third kappa shape index (κ3) is 7.67. The maximum atomic E-state index is 11.6. The Morgan fingerprint density at radius 1 is 0.667 bits per heavy atom. The maximum absolute atomic E-state index is 11.6. The first-order valence-corrected chi connectivity index (χ1v) is 6.11. The monoisotopic (exact) mass is 299 g/mol. The number of nitrogens with one attached hydrogen (secondary N) is 1. The molecule has 0 atom stereocenters. The van der Waals surface area contributed by atoms with Gasteiger partial charge in [-0.1, -0.05) is 0 Å². The molecular weight excluding hydrogens is 282 g/mol. The lowest BCUT2D eigenvalue weighted by Crippen LogP contribution is -2.44. The van der Waals surface area contributed by atoms with Crippen molar-refractivity contribution in [3.05, 3.63) is 0 Å². The van der Waals surface area contributed by atoms with Crippen molar-refractivity contribution in [3.8, 4) is 0 Å². The van der Waals surface area contributed by atoms with Crippen LogP contribution in [0, 0.1) is 0 Å². The van der Waals surface area contributed by atoms with Crippen molar-refractivity contribution >= 4 is 37.0 Å². The van der Waals surface area contributed by atoms with Crippen molar-refractivity contribution < 1.29 is 28.8 Å². The van der Waals surface area contributed by atoms with E-state index in [1.807, 2.05) is 0 Å². The smallest absolute Gasteiger partial charge is 0.237 e. The van der Waals surface area contributed by atoms with Crippen LogP contribution in [0.4, 0.5) is 0 Å². The lowest BCUT2D eigenvalue weighted by Gasteiger charge is -2.19. The fourth-order valence-electron chi connectivity index (χ4n) is 1.42. The van der Waals surface area contributed by atoms with Crippen molar-refractivity contribution in [1.29, 1.82) is 0 Å². The van der Waals surface area contributed by atoms with Gasteiger partial charge >= 0.3 is 0 Å². The number of carbonyl (C=O) groups excluding carboxylic acids is 6. The molecule has 0 aliphatic rings. The molecule has 0 bridgehead atoms. The molecule has 1 N–H and O–H groups in total. The highest BCUT2D eigenvalue weighted by atomic mass is 16.2. The highest BCUT2D eigenvalue weighted by Crippen LogP contribution is 1.88. The predicted octanol–water partition coefficient (Wildman–Crippen LogP) is -2.97. The van der Waals surface area contributed by atoms with Crippen LogP contribution in [0.25, 0.3) is 0 Å². The lowest BCUT2D eigenvalue weighted by molar-refractivity contribution is -0.135. The Bertz CT molecular complexity index is 342. The fraction of sp³-hybridized carbons (Fsp3) is 0.500. The van der Waals surface area contributed by atoms with Crippen molar-refractivity contribution in [2.75, 3.05) is 39.3 Å². The summed E-state index contributed by atoms with van der Waals surface area (Å²) in [7, 11) is 0. The Hall–Kier alpha value is -2.42. The third-order valence-electron chi connectivity index (χ3n) is 2.44. The van der Waals surface area contributed by atoms with Gasteiger partial charge in [0.05, 0.1) is 39.3 Å². The summed E-state index contributed by atoms with van der Waals surface area (Å²) in [6.45, 7) is -1.34. The number of rotatable bonds is 12. The molecule has 0 radical (unpaired) electrons. The molecule has 0 aliphatic heterocycles. The van der Waals surface area contributed by atoms with Gasteiger partial charge in [-0.05, 0) is 0 Å². The van der Waals surface area contributed by atoms with Crippen molar-refractivity contribution in [1.82, 2.24) is 15.1 Å². The molecule has 0 saturated carbocycles. The summed E-state index contributed by atoms with van der Waals surface area (Å²) in [5.41, 5.74) is 0. The van der Waals surface area contributed by atoms with Crippen LogP contribution in [0.15, 0.2) is 0 Å². The van der Waals surface area contributed by atoms with E-state index < -0.39 is 11.8 Å². The zero-order valence-electron chi connectivity index (χ0n) is 11.4. The van der Waals surface area contributed by atoms with Gasteiger partial charge in [-0.15, -0.1) is 0 Å². The molecule has 0 aromatic heterocycles. The number of hydrogen-bond donors (Lipinski definition) is 1. The van der Waals surface area contributed by atoms with Crippen LogP contribution in [0.1, 0.15) is 0 Å². The van der Waals surface area contributed by atoms with Crippen LogP contribution in [-0.4, -0.2) is 86.0 Å². The zero-order chi connectivity index (χ0) is 16.1. The summed E-state index contributed by atoms with van der Waals surface area (Å²) in [6.07, 6.45) is 1.95. The molecule has 9 nitrogen and oxygen atoms in total. The first-order chi connectivity index (χ1) is 10.1. The normalized spacial score (nSPS) is 9.52. The predicted molar refractivity (Wildman–Crippen MR) is 70.3 cm³/mol. The number of aldehydes is 4. The van der Waals surface area contributed by atoms with Gasteiger partial charge in [0.15, 0.2) is 0 Å². The summed E-state index contributed by atoms with van der Waals surface area (Å²) in [5, 5.41) is 2.53. The molecule has 0 fully saturated rings. The largest absolute Gasteiger partial charge is 0.328 e. The molecule has 0 spiro atoms. The van der Waals surface area contributed by atoms with Gasteiger partial charge in [-0.3, -0.25) is 14.9 Å². The maximum Gasteiger partial charge on any atom is 0.237 e. The molecule has 21 heavy (non-hydrogen) atoms. The average Bonchev–Trinajstić information content (AvgIpc) is 2.46. The summed E-state index contributed by atoms with van der Waals surface area (Å²) in [5.74, 6) is -1.03. The van der Waals surface area contributed by atoms with Crippen LogP contribution in [-0.2, 0) is 28.8 Å². The van der Waals surface area contributed by atoms with Gasteiger partial charge in [-0.2, -0.15) is 0 Å². The topological polar surface area (TPSA) is 121 Å². The Morgan fingerprint density at radius 3 is 1.19 bits per heavy atom. The molecular formula is C12H17N3O6. The van der Waals surface area contributed by atoms with Gasteiger partial charge in [0, 0.05) is 0 Å². The van der Waals surface area contributed by atoms with Crippen molar-refractivity contribution in [2.45, 2.75) is 0 Å². The Morgan fingerprint density at radius 2 is 0.952 bits per heavy atom. The molecule has 0 rings (SSSR count). The number of amides is 2. The van der Waals surface area contributed by atoms with E-state index in [0.717, 1.165) is 9.80 Å². The molecule has 0 unspecified atom stereocenters. The Labute approximate surface area is 121 Å². The first kappa shape index (κ1) is 18.6. The standard InChI is InChI=1S/C12H17N3O6/c16-5-1-14(2-6-17)11(20)9-13-10-12(21)15(3-7-18)4-8-19/h5-8,13H,1-4,9-10H2. The average molecular weight is 299 g/mol. The Kier molecular flexibility index (Phi) is 10.1. The zero-order valence-corrected chi connectivity index (χ0v) is 11.4. The van der Waals surface area contributed by atoms with Gasteiger partial charge in [-0.25, -0.2) is 0 Å². The summed E-state index contributed by atoms with van der Waals surface area (Å²) < 4.78 is 0. The number of carbonyl (C=O) groups is 6. The summed E-state index contributed by atoms with van der Waals surface area (Å²) in [6, 6.07) is 0. The molecule has 0 saturated heterocycles. The second-order valence-electron chi connectivity index (χ2n) is 3.87. The van der Waals surface area contributed by atoms with E-state index in [2.05, 4.69) is 5.32 Å². The van der Waals surface area contributed by atoms with E-state index in [1.54, 1.807) is 0 Å². The van der Waals surface area contributed by atoms with Crippen LogP contribution in [0.3, 0.4) is 0 Å². The van der Waals surface area contributed by atoms with Gasteiger partial charge in [0.2, 0.25) is 11.8 Å². The lowest BCUT2D eigenvalue weighted by atomic mass is 10.4. The number of nitrogens with zero attached hydrogens (tertiary/aromatic N) is 2. The molecule has 0 aromatic rings. The molecule has 2 amide bonds. The molecule has 0 heterocycles. The van der Waals surface area contributed by atoms with E-state index in [0.29, 0.717) is 25.1 Å². The van der Waals surface area contributed by atoms with E-state index in [1.165, 1.54) is 0 Å². The van der Waals surface area contributed by atoms with Gasteiger partial charge in [0.1, 0.15) is 25.1 Å². The quantitative estimate of drug-likeness (QED) is 0.382. The van der Waals surface area contributed by atoms with Crippen molar-refractivity contribution in [2.24, 2.45) is 0 Å². The van der Waals surface area contributed by atoms with Gasteiger partial charge < -0.3 is 29.0 Å². The van der Waals surface area contributed by atoms with Crippen LogP contribution in [0.2, 0.25) is 0 Å². The fourth-order valence-corrected chi connectivity index (χ4v) is 1.42. The minimum atomic E-state index is -0.515. The minimum Gasteiger partial charge on any atom is -0.328 e. The SMILES string of the molecule is O=CCN(CC=O)C(=O)CNCC(=O)N(CC=O)CC=O. The van der Waals surface area contributed by atoms with Crippen LogP contribution >= 0.6 is 0 Å². The van der Waals surface area contributed by atoms with E-state index in [-0.39, 0.29) is 39.3 Å². The molecule has 9 heteroatoms. The molecule has 0 aliphatic carbocycles. The Balaban J connectivity index is 4.25. The highest BCUT2D eigenvalue weighted by Gasteiger charge is 2.15. The van der Waals surface area contributed by atoms with E-state index in [4.69, 9.17) is 0 Å². The minimum absolute atomic E-state index is 0.213. The second-order valence-corrected chi connectivity index (χ2v) is 3.87. The van der Waals surface area contributed by atoms with Crippen molar-refractivity contribution in [3.63, 3.8) is 0 Å². The molecule has 116 valence electrons. The second kappa shape index (κ2) is 11.4. The molecule has 0 aromatic carbocycles. The van der Waals surface area contributed by atoms with Crippen LogP contribution in [0.5, 0.6) is 0 Å². The highest BCUT2D eigenvalue weighted by molar-refractivity contribution is 5.85. The van der Waals surface area contributed by atoms with E-state index >= 15 is 0 Å².